The van der Waals surface area contributed by atoms with E-state index in [0.29, 0.717) is 34.6 Å². The van der Waals surface area contributed by atoms with Crippen molar-refractivity contribution >= 4 is 17.7 Å². The Balaban J connectivity index is 2.09. The fourth-order valence-corrected chi connectivity index (χ4v) is 3.83. The molecule has 0 N–H and O–H groups in total. The van der Waals surface area contributed by atoms with Crippen LogP contribution in [-0.2, 0) is 10.6 Å². The average Bonchev–Trinajstić information content (AvgIpc) is 2.91. The van der Waals surface area contributed by atoms with Gasteiger partial charge in [0.15, 0.2) is 11.4 Å². The number of aryl methyl sites for hydroxylation is 2. The molecule has 1 aromatic heterocycles. The van der Waals surface area contributed by atoms with Gasteiger partial charge in [-0.2, -0.15) is 10.4 Å². The van der Waals surface area contributed by atoms with Crippen molar-refractivity contribution < 1.29 is 14.3 Å². The Morgan fingerprint density at radius 3 is 2.54 bits per heavy atom. The van der Waals surface area contributed by atoms with E-state index in [9.17, 15) is 10.1 Å². The molecule has 0 amide bonds. The Hall–Kier alpha value is -2.46. The van der Waals surface area contributed by atoms with E-state index in [4.69, 9.17) is 14.6 Å². The summed E-state index contributed by atoms with van der Waals surface area (Å²) in [7, 11) is 0. The smallest absolute Gasteiger partial charge is 0.360 e. The van der Waals surface area contributed by atoms with E-state index in [-0.39, 0.29) is 6.61 Å². The Bertz CT molecular complexity index is 903. The number of thioether (sulfide) groups is 1. The normalized spacial score (nSPS) is 13.7. The molecule has 3 rings (SSSR count). The highest BCUT2D eigenvalue weighted by Crippen LogP contribution is 2.43. The quantitative estimate of drug-likeness (QED) is 0.615. The first-order chi connectivity index (χ1) is 13.5. The SMILES string of the molecule is CCOC(=O)c1c(Oc2cc(C)c(C#N)c(C)c2)c(C2CCC2)nn1CSC. The molecule has 0 radical (unpaired) electrons. The summed E-state index contributed by atoms with van der Waals surface area (Å²) in [4.78, 5) is 12.7. The minimum absolute atomic E-state index is 0.288. The first kappa shape index (κ1) is 20.3. The number of hydrogen-bond acceptors (Lipinski definition) is 6. The van der Waals surface area contributed by atoms with Crippen LogP contribution in [0.4, 0.5) is 0 Å². The summed E-state index contributed by atoms with van der Waals surface area (Å²) < 4.78 is 13.2. The zero-order valence-electron chi connectivity index (χ0n) is 16.7. The molecule has 1 saturated carbocycles. The van der Waals surface area contributed by atoms with Gasteiger partial charge in [0.1, 0.15) is 11.4 Å². The Morgan fingerprint density at radius 2 is 2.04 bits per heavy atom. The van der Waals surface area contributed by atoms with Crippen molar-refractivity contribution in [2.75, 3.05) is 12.9 Å². The lowest BCUT2D eigenvalue weighted by molar-refractivity contribution is 0.0510. The number of hydrogen-bond donors (Lipinski definition) is 0. The molecule has 7 heteroatoms. The van der Waals surface area contributed by atoms with Gasteiger partial charge in [-0.3, -0.25) is 0 Å². The lowest BCUT2D eigenvalue weighted by Crippen LogP contribution is -2.13. The molecular formula is C21H25N3O3S. The maximum Gasteiger partial charge on any atom is 0.360 e. The van der Waals surface area contributed by atoms with Crippen molar-refractivity contribution in [3.05, 3.63) is 40.2 Å². The van der Waals surface area contributed by atoms with Crippen LogP contribution in [0.2, 0.25) is 0 Å². The van der Waals surface area contributed by atoms with Crippen molar-refractivity contribution in [1.29, 1.82) is 5.26 Å². The van der Waals surface area contributed by atoms with Crippen molar-refractivity contribution in [1.82, 2.24) is 9.78 Å². The van der Waals surface area contributed by atoms with Gasteiger partial charge in [-0.15, -0.1) is 11.8 Å². The molecule has 1 aromatic carbocycles. The molecule has 0 unspecified atom stereocenters. The summed E-state index contributed by atoms with van der Waals surface area (Å²) in [5.41, 5.74) is 3.52. The molecule has 148 valence electrons. The van der Waals surface area contributed by atoms with Crippen LogP contribution in [0, 0.1) is 25.2 Å². The molecule has 0 spiro atoms. The van der Waals surface area contributed by atoms with Crippen LogP contribution in [0.3, 0.4) is 0 Å². The highest BCUT2D eigenvalue weighted by atomic mass is 32.2. The minimum atomic E-state index is -0.424. The number of ether oxygens (including phenoxy) is 2. The van der Waals surface area contributed by atoms with Crippen molar-refractivity contribution in [3.63, 3.8) is 0 Å². The van der Waals surface area contributed by atoms with E-state index < -0.39 is 5.97 Å². The number of rotatable bonds is 7. The molecule has 6 nitrogen and oxygen atoms in total. The van der Waals surface area contributed by atoms with Gasteiger partial charge < -0.3 is 9.47 Å². The molecule has 28 heavy (non-hydrogen) atoms. The number of carbonyl (C=O) groups excluding carboxylic acids is 1. The fraction of sp³-hybridized carbons (Fsp3) is 0.476. The molecule has 2 aromatic rings. The number of carbonyl (C=O) groups is 1. The molecule has 1 aliphatic rings. The molecule has 1 fully saturated rings. The van der Waals surface area contributed by atoms with E-state index in [1.165, 1.54) is 0 Å². The number of esters is 1. The van der Waals surface area contributed by atoms with Crippen LogP contribution >= 0.6 is 11.8 Å². The molecule has 1 aliphatic carbocycles. The molecule has 0 aliphatic heterocycles. The highest BCUT2D eigenvalue weighted by Gasteiger charge is 2.33. The Kier molecular flexibility index (Phi) is 6.30. The van der Waals surface area contributed by atoms with Crippen LogP contribution in [-0.4, -0.2) is 28.6 Å². The first-order valence-electron chi connectivity index (χ1n) is 9.46. The first-order valence-corrected chi connectivity index (χ1v) is 10.8. The van der Waals surface area contributed by atoms with Crippen molar-refractivity contribution in [3.8, 4) is 17.6 Å². The third-order valence-electron chi connectivity index (χ3n) is 4.98. The monoisotopic (exact) mass is 399 g/mol. The fourth-order valence-electron chi connectivity index (χ4n) is 3.40. The van der Waals surface area contributed by atoms with Gasteiger partial charge in [-0.05, 0) is 63.1 Å². The maximum atomic E-state index is 12.7. The topological polar surface area (TPSA) is 77.1 Å². The van der Waals surface area contributed by atoms with E-state index in [1.54, 1.807) is 23.4 Å². The average molecular weight is 400 g/mol. The second-order valence-corrected chi connectivity index (χ2v) is 7.81. The number of nitriles is 1. The lowest BCUT2D eigenvalue weighted by atomic mass is 9.82. The minimum Gasteiger partial charge on any atom is -0.461 e. The van der Waals surface area contributed by atoms with Crippen molar-refractivity contribution in [2.24, 2.45) is 0 Å². The molecule has 0 saturated heterocycles. The van der Waals surface area contributed by atoms with Gasteiger partial charge in [0.25, 0.3) is 0 Å². The van der Waals surface area contributed by atoms with E-state index in [1.807, 2.05) is 32.2 Å². The number of nitrogens with zero attached hydrogens (tertiary/aromatic N) is 3. The van der Waals surface area contributed by atoms with Gasteiger partial charge in [-0.25, -0.2) is 9.48 Å². The Morgan fingerprint density at radius 1 is 1.36 bits per heavy atom. The highest BCUT2D eigenvalue weighted by molar-refractivity contribution is 7.97. The third kappa shape index (κ3) is 3.88. The lowest BCUT2D eigenvalue weighted by Gasteiger charge is -2.24. The van der Waals surface area contributed by atoms with Gasteiger partial charge in [0, 0.05) is 5.92 Å². The summed E-state index contributed by atoms with van der Waals surface area (Å²) in [5, 5.41) is 14.0. The van der Waals surface area contributed by atoms with Crippen LogP contribution in [0.15, 0.2) is 12.1 Å². The summed E-state index contributed by atoms with van der Waals surface area (Å²) in [6.07, 6.45) is 5.21. The summed E-state index contributed by atoms with van der Waals surface area (Å²) >= 11 is 1.58. The predicted octanol–water partition coefficient (Wildman–Crippen LogP) is 4.93. The van der Waals surface area contributed by atoms with Crippen LogP contribution < -0.4 is 4.74 Å². The molecule has 0 atom stereocenters. The standard InChI is InChI=1S/C21H25N3O3S/c1-5-26-21(25)19-20(18(15-7-6-8-15)23-24(19)12-28-4)27-16-9-13(2)17(11-22)14(3)10-16/h9-10,15H,5-8,12H2,1-4H3. The van der Waals surface area contributed by atoms with E-state index in [0.717, 1.165) is 36.1 Å². The predicted molar refractivity (Wildman–Crippen MR) is 109 cm³/mol. The second kappa shape index (κ2) is 8.70. The largest absolute Gasteiger partial charge is 0.461 e. The molecule has 1 heterocycles. The van der Waals surface area contributed by atoms with Crippen LogP contribution in [0.5, 0.6) is 11.5 Å². The zero-order chi connectivity index (χ0) is 20.3. The second-order valence-electron chi connectivity index (χ2n) is 6.97. The number of aromatic nitrogens is 2. The Labute approximate surface area is 169 Å². The summed E-state index contributed by atoms with van der Waals surface area (Å²) in [6, 6.07) is 5.88. The van der Waals surface area contributed by atoms with Gasteiger partial charge in [0.05, 0.1) is 24.1 Å². The third-order valence-corrected chi connectivity index (χ3v) is 5.49. The zero-order valence-corrected chi connectivity index (χ0v) is 17.6. The molecular weight excluding hydrogens is 374 g/mol. The van der Waals surface area contributed by atoms with Crippen LogP contribution in [0.25, 0.3) is 0 Å². The van der Waals surface area contributed by atoms with Gasteiger partial charge >= 0.3 is 5.97 Å². The van der Waals surface area contributed by atoms with E-state index in [2.05, 4.69) is 6.07 Å². The van der Waals surface area contributed by atoms with Gasteiger partial charge in [-0.1, -0.05) is 6.42 Å². The van der Waals surface area contributed by atoms with E-state index >= 15 is 0 Å². The van der Waals surface area contributed by atoms with Gasteiger partial charge in [0.2, 0.25) is 0 Å². The van der Waals surface area contributed by atoms with Crippen molar-refractivity contribution in [2.45, 2.75) is 51.8 Å². The maximum absolute atomic E-state index is 12.7. The van der Waals surface area contributed by atoms with Crippen LogP contribution in [0.1, 0.15) is 65.0 Å². The number of benzene rings is 1. The molecule has 0 bridgehead atoms. The summed E-state index contributed by atoms with van der Waals surface area (Å²) in [5.74, 6) is 1.51. The summed E-state index contributed by atoms with van der Waals surface area (Å²) in [6.45, 7) is 5.84.